The molecule has 0 aromatic heterocycles. The van der Waals surface area contributed by atoms with Gasteiger partial charge in [0.1, 0.15) is 0 Å². The number of nitrogens with zero attached hydrogens (tertiary/aromatic N) is 2. The van der Waals surface area contributed by atoms with Gasteiger partial charge in [0.2, 0.25) is 5.91 Å². The zero-order chi connectivity index (χ0) is 16.4. The lowest BCUT2D eigenvalue weighted by atomic mass is 9.73. The highest BCUT2D eigenvalue weighted by molar-refractivity contribution is 5.81. The van der Waals surface area contributed by atoms with E-state index < -0.39 is 0 Å². The molecule has 1 aliphatic heterocycles. The first-order valence-corrected chi connectivity index (χ1v) is 9.31. The van der Waals surface area contributed by atoms with Crippen LogP contribution in [-0.2, 0) is 4.79 Å². The van der Waals surface area contributed by atoms with E-state index in [-0.39, 0.29) is 23.4 Å². The summed E-state index contributed by atoms with van der Waals surface area (Å²) in [4.78, 5) is 28.7. The molecule has 3 rings (SSSR count). The zero-order valence-corrected chi connectivity index (χ0v) is 14.6. The summed E-state index contributed by atoms with van der Waals surface area (Å²) in [6.45, 7) is 7.43. The van der Waals surface area contributed by atoms with E-state index in [0.717, 1.165) is 38.8 Å². The summed E-state index contributed by atoms with van der Waals surface area (Å²) < 4.78 is 0. The van der Waals surface area contributed by atoms with Crippen molar-refractivity contribution in [3.8, 4) is 0 Å². The number of rotatable bonds is 2. The van der Waals surface area contributed by atoms with E-state index in [1.165, 1.54) is 19.3 Å². The largest absolute Gasteiger partial charge is 0.341 e. The minimum absolute atomic E-state index is 0.0608. The molecule has 2 saturated carbocycles. The average Bonchev–Trinajstić information content (AvgIpc) is 3.35. The lowest BCUT2D eigenvalue weighted by Crippen LogP contribution is -2.52. The van der Waals surface area contributed by atoms with E-state index in [1.807, 2.05) is 9.80 Å². The van der Waals surface area contributed by atoms with Gasteiger partial charge < -0.3 is 15.1 Å². The summed E-state index contributed by atoms with van der Waals surface area (Å²) in [6.07, 6.45) is 7.73. The Morgan fingerprint density at radius 2 is 1.61 bits per heavy atom. The number of urea groups is 1. The molecule has 2 aliphatic carbocycles. The average molecular weight is 321 g/mol. The van der Waals surface area contributed by atoms with Crippen molar-refractivity contribution in [2.24, 2.45) is 11.3 Å². The number of carbonyl (C=O) groups excluding carboxylic acids is 2. The maximum Gasteiger partial charge on any atom is 0.317 e. The summed E-state index contributed by atoms with van der Waals surface area (Å²) in [7, 11) is 0. The van der Waals surface area contributed by atoms with Gasteiger partial charge in [0.25, 0.3) is 0 Å². The molecule has 3 aliphatic rings. The molecule has 0 aromatic carbocycles. The molecule has 1 saturated heterocycles. The molecule has 130 valence electrons. The molecular weight excluding hydrogens is 290 g/mol. The van der Waals surface area contributed by atoms with Gasteiger partial charge in [-0.2, -0.15) is 0 Å². The number of hydrogen-bond acceptors (Lipinski definition) is 2. The van der Waals surface area contributed by atoms with E-state index in [4.69, 9.17) is 0 Å². The van der Waals surface area contributed by atoms with Crippen LogP contribution in [0.2, 0.25) is 0 Å². The minimum atomic E-state index is 0.0608. The fourth-order valence-corrected chi connectivity index (χ4v) is 3.93. The fourth-order valence-electron chi connectivity index (χ4n) is 3.93. The maximum absolute atomic E-state index is 12.6. The van der Waals surface area contributed by atoms with Gasteiger partial charge in [-0.1, -0.05) is 26.7 Å². The molecule has 0 radical (unpaired) electrons. The van der Waals surface area contributed by atoms with Crippen molar-refractivity contribution in [2.75, 3.05) is 26.2 Å². The monoisotopic (exact) mass is 321 g/mol. The lowest BCUT2D eigenvalue weighted by molar-refractivity contribution is -0.132. The van der Waals surface area contributed by atoms with Gasteiger partial charge in [0.15, 0.2) is 0 Å². The Kier molecular flexibility index (Phi) is 4.83. The van der Waals surface area contributed by atoms with Crippen molar-refractivity contribution in [1.29, 1.82) is 0 Å². The van der Waals surface area contributed by atoms with Crippen LogP contribution in [-0.4, -0.2) is 54.0 Å². The molecule has 0 aromatic rings. The van der Waals surface area contributed by atoms with Crippen LogP contribution >= 0.6 is 0 Å². The molecule has 3 amide bonds. The van der Waals surface area contributed by atoms with Crippen LogP contribution in [0.4, 0.5) is 4.79 Å². The Labute approximate surface area is 139 Å². The molecule has 0 spiro atoms. The molecule has 5 heteroatoms. The molecule has 5 nitrogen and oxygen atoms in total. The van der Waals surface area contributed by atoms with Gasteiger partial charge >= 0.3 is 6.03 Å². The number of amides is 3. The third-order valence-corrected chi connectivity index (χ3v) is 5.83. The predicted molar refractivity (Wildman–Crippen MR) is 90.1 cm³/mol. The number of nitrogens with one attached hydrogen (secondary N) is 1. The van der Waals surface area contributed by atoms with Gasteiger partial charge in [-0.05, 0) is 37.5 Å². The quantitative estimate of drug-likeness (QED) is 0.850. The fraction of sp³-hybridized carbons (Fsp3) is 0.889. The third-order valence-electron chi connectivity index (χ3n) is 5.83. The summed E-state index contributed by atoms with van der Waals surface area (Å²) in [5.41, 5.74) is 0.188. The smallest absolute Gasteiger partial charge is 0.317 e. The molecule has 1 atom stereocenters. The Morgan fingerprint density at radius 1 is 0.913 bits per heavy atom. The highest BCUT2D eigenvalue weighted by Gasteiger charge is 2.36. The molecule has 0 unspecified atom stereocenters. The number of hydrogen-bond donors (Lipinski definition) is 1. The van der Waals surface area contributed by atoms with Crippen molar-refractivity contribution in [1.82, 2.24) is 15.1 Å². The van der Waals surface area contributed by atoms with Gasteiger partial charge in [0.05, 0.1) is 0 Å². The second-order valence-corrected chi connectivity index (χ2v) is 8.18. The van der Waals surface area contributed by atoms with Crippen molar-refractivity contribution in [2.45, 2.75) is 64.8 Å². The van der Waals surface area contributed by atoms with Gasteiger partial charge in [-0.25, -0.2) is 4.79 Å². The zero-order valence-electron chi connectivity index (χ0n) is 14.6. The first kappa shape index (κ1) is 16.6. The van der Waals surface area contributed by atoms with Crippen LogP contribution in [0.5, 0.6) is 0 Å². The minimum Gasteiger partial charge on any atom is -0.341 e. The lowest BCUT2D eigenvalue weighted by Gasteiger charge is -2.40. The Hall–Kier alpha value is -1.26. The van der Waals surface area contributed by atoms with Crippen LogP contribution in [0.1, 0.15) is 58.8 Å². The highest BCUT2D eigenvalue weighted by atomic mass is 16.2. The standard InChI is InChI=1S/C18H31N3O2/c1-18(2)9-4-3-6-15(18)19-17(23)21-11-5-10-20(12-13-21)16(22)14-7-8-14/h14-15H,3-13H2,1-2H3,(H,19,23)/t15-/m0/s1. The van der Waals surface area contributed by atoms with Gasteiger partial charge in [0, 0.05) is 38.1 Å². The first-order chi connectivity index (χ1) is 11.0. The Bertz CT molecular complexity index is 459. The van der Waals surface area contributed by atoms with E-state index in [1.54, 1.807) is 0 Å². The molecule has 3 fully saturated rings. The van der Waals surface area contributed by atoms with Crippen molar-refractivity contribution < 1.29 is 9.59 Å². The molecule has 1 N–H and O–H groups in total. The topological polar surface area (TPSA) is 52.7 Å². The van der Waals surface area contributed by atoms with Crippen LogP contribution < -0.4 is 5.32 Å². The van der Waals surface area contributed by atoms with E-state index in [9.17, 15) is 9.59 Å². The predicted octanol–water partition coefficient (Wildman–Crippen LogP) is 2.61. The van der Waals surface area contributed by atoms with E-state index >= 15 is 0 Å². The second-order valence-electron chi connectivity index (χ2n) is 8.18. The van der Waals surface area contributed by atoms with E-state index in [0.29, 0.717) is 19.0 Å². The summed E-state index contributed by atoms with van der Waals surface area (Å²) in [6, 6.07) is 0.335. The van der Waals surface area contributed by atoms with Crippen molar-refractivity contribution in [3.63, 3.8) is 0 Å². The molecule has 0 bridgehead atoms. The molecule has 23 heavy (non-hydrogen) atoms. The molecule has 1 heterocycles. The van der Waals surface area contributed by atoms with Crippen LogP contribution in [0, 0.1) is 11.3 Å². The first-order valence-electron chi connectivity index (χ1n) is 9.31. The number of carbonyl (C=O) groups is 2. The molecular formula is C18H31N3O2. The highest BCUT2D eigenvalue weighted by Crippen LogP contribution is 2.35. The van der Waals surface area contributed by atoms with Gasteiger partial charge in [-0.15, -0.1) is 0 Å². The van der Waals surface area contributed by atoms with E-state index in [2.05, 4.69) is 19.2 Å². The van der Waals surface area contributed by atoms with Crippen LogP contribution in [0.15, 0.2) is 0 Å². The second kappa shape index (κ2) is 6.70. The van der Waals surface area contributed by atoms with Crippen molar-refractivity contribution in [3.05, 3.63) is 0 Å². The van der Waals surface area contributed by atoms with Crippen LogP contribution in [0.3, 0.4) is 0 Å². The summed E-state index contributed by atoms with van der Waals surface area (Å²) >= 11 is 0. The Balaban J connectivity index is 1.52. The maximum atomic E-state index is 12.6. The van der Waals surface area contributed by atoms with Crippen molar-refractivity contribution >= 4 is 11.9 Å². The third kappa shape index (κ3) is 3.99. The summed E-state index contributed by atoms with van der Waals surface area (Å²) in [5.74, 6) is 0.582. The normalized spacial score (nSPS) is 28.2. The van der Waals surface area contributed by atoms with Crippen LogP contribution in [0.25, 0.3) is 0 Å². The summed E-state index contributed by atoms with van der Waals surface area (Å²) in [5, 5.41) is 3.27. The Morgan fingerprint density at radius 3 is 2.30 bits per heavy atom. The van der Waals surface area contributed by atoms with Gasteiger partial charge in [-0.3, -0.25) is 4.79 Å². The SMILES string of the molecule is CC1(C)CCCC[C@@H]1NC(=O)N1CCCN(C(=O)C2CC2)CC1.